The van der Waals surface area contributed by atoms with E-state index in [2.05, 4.69) is 9.98 Å². The van der Waals surface area contributed by atoms with E-state index in [1.165, 1.54) is 12.4 Å². The zero-order valence-electron chi connectivity index (χ0n) is 10.4. The van der Waals surface area contributed by atoms with E-state index in [1.54, 1.807) is 6.92 Å². The van der Waals surface area contributed by atoms with Crippen LogP contribution < -0.4 is 0 Å². The molecule has 0 bridgehead atoms. The first-order valence-corrected chi connectivity index (χ1v) is 5.63. The third kappa shape index (κ3) is 3.73. The zero-order valence-corrected chi connectivity index (χ0v) is 10.4. The number of nitrogens with zero attached hydrogens (tertiary/aromatic N) is 2. The Morgan fingerprint density at radius 3 is 2.74 bits per heavy atom. The largest absolute Gasteiger partial charge is 0.506 e. The number of aliphatic hydroxyl groups is 2. The van der Waals surface area contributed by atoms with Crippen LogP contribution in [0.25, 0.3) is 0 Å². The van der Waals surface area contributed by atoms with Gasteiger partial charge in [-0.3, -0.25) is 9.98 Å². The molecule has 0 radical (unpaired) electrons. The van der Waals surface area contributed by atoms with Gasteiger partial charge >= 0.3 is 5.97 Å². The number of carboxylic acid groups (broad SMARTS) is 1. The highest BCUT2D eigenvalue weighted by Crippen LogP contribution is 2.23. The summed E-state index contributed by atoms with van der Waals surface area (Å²) in [6.45, 7) is 0.733. The molecule has 1 heterocycles. The molecule has 1 aromatic heterocycles. The number of aromatic nitrogens is 1. The van der Waals surface area contributed by atoms with E-state index in [-0.39, 0.29) is 18.8 Å². The molecule has 1 rings (SSSR count). The second-order valence-electron chi connectivity index (χ2n) is 3.93. The molecule has 0 unspecified atom stereocenters. The van der Waals surface area contributed by atoms with Crippen molar-refractivity contribution in [2.75, 3.05) is 6.61 Å². The first-order chi connectivity index (χ1) is 9.01. The van der Waals surface area contributed by atoms with E-state index in [4.69, 9.17) is 15.3 Å². The van der Waals surface area contributed by atoms with Gasteiger partial charge in [0.05, 0.1) is 18.9 Å². The highest BCUT2D eigenvalue weighted by atomic mass is 16.4. The van der Waals surface area contributed by atoms with Crippen molar-refractivity contribution in [1.82, 2.24) is 4.98 Å². The molecule has 0 saturated carbocycles. The number of hydrogen-bond acceptors (Lipinski definition) is 6. The molecular weight excluding hydrogens is 252 g/mol. The number of aliphatic hydroxyl groups excluding tert-OH is 2. The van der Waals surface area contributed by atoms with Crippen LogP contribution in [0.1, 0.15) is 16.8 Å². The average Bonchev–Trinajstić information content (AvgIpc) is 2.39. The Labute approximate surface area is 109 Å². The number of aliphatic imine (C=N–C) groups is 1. The molecule has 0 aliphatic heterocycles. The van der Waals surface area contributed by atoms with Crippen LogP contribution in [0, 0.1) is 6.92 Å². The first kappa shape index (κ1) is 15.1. The van der Waals surface area contributed by atoms with Gasteiger partial charge < -0.3 is 20.4 Å². The van der Waals surface area contributed by atoms with E-state index in [0.29, 0.717) is 16.8 Å². The van der Waals surface area contributed by atoms with E-state index in [0.717, 1.165) is 0 Å². The number of pyridine rings is 1. The summed E-state index contributed by atoms with van der Waals surface area (Å²) in [7, 11) is 0. The summed E-state index contributed by atoms with van der Waals surface area (Å²) in [5.74, 6) is -1.27. The molecule has 1 atom stereocenters. The second-order valence-corrected chi connectivity index (χ2v) is 3.93. The fourth-order valence-corrected chi connectivity index (χ4v) is 1.51. The number of hydrogen-bond donors (Lipinski definition) is 4. The maximum atomic E-state index is 10.6. The van der Waals surface area contributed by atoms with Crippen LogP contribution in [-0.2, 0) is 17.8 Å². The fraction of sp³-hybridized carbons (Fsp3) is 0.417. The molecule has 7 heteroatoms. The topological polar surface area (TPSA) is 123 Å². The third-order valence-corrected chi connectivity index (χ3v) is 2.64. The van der Waals surface area contributed by atoms with Gasteiger partial charge in [0.1, 0.15) is 5.75 Å². The Kier molecular flexibility index (Phi) is 5.40. The minimum absolute atomic E-state index is 0.0473. The van der Waals surface area contributed by atoms with Crippen molar-refractivity contribution < 1.29 is 25.2 Å². The standard InChI is InChI=1S/C12H16N2O5/c1-7-11(17)9(8(5-15)4-14-7)2-3-13-10(6-16)12(18)19/h3-4,10,15-17H,2,5-6H2,1H3,(H,18,19)/t10-/m0/s1. The molecule has 7 nitrogen and oxygen atoms in total. The molecule has 0 spiro atoms. The van der Waals surface area contributed by atoms with E-state index in [1.807, 2.05) is 0 Å². The zero-order chi connectivity index (χ0) is 14.4. The lowest BCUT2D eigenvalue weighted by atomic mass is 10.1. The summed E-state index contributed by atoms with van der Waals surface area (Å²) < 4.78 is 0. The molecule has 19 heavy (non-hydrogen) atoms. The molecular formula is C12H16N2O5. The van der Waals surface area contributed by atoms with Crippen LogP contribution in [0.5, 0.6) is 5.75 Å². The number of aromatic hydroxyl groups is 1. The van der Waals surface area contributed by atoms with Gasteiger partial charge in [0.25, 0.3) is 0 Å². The lowest BCUT2D eigenvalue weighted by Gasteiger charge is -2.09. The van der Waals surface area contributed by atoms with Gasteiger partial charge in [0.2, 0.25) is 0 Å². The van der Waals surface area contributed by atoms with Crippen LogP contribution >= 0.6 is 0 Å². The predicted octanol–water partition coefficient (Wildman–Crippen LogP) is -0.353. The van der Waals surface area contributed by atoms with Crippen LogP contribution in [0.3, 0.4) is 0 Å². The van der Waals surface area contributed by atoms with Crippen LogP contribution in [0.2, 0.25) is 0 Å². The smallest absolute Gasteiger partial charge is 0.330 e. The summed E-state index contributed by atoms with van der Waals surface area (Å²) in [5, 5.41) is 36.5. The predicted molar refractivity (Wildman–Crippen MR) is 67.3 cm³/mol. The molecule has 0 fully saturated rings. The number of rotatable bonds is 6. The van der Waals surface area contributed by atoms with Gasteiger partial charge in [0.15, 0.2) is 6.04 Å². The van der Waals surface area contributed by atoms with E-state index in [9.17, 15) is 9.90 Å². The van der Waals surface area contributed by atoms with Crippen LogP contribution in [0.4, 0.5) is 0 Å². The average molecular weight is 268 g/mol. The van der Waals surface area contributed by atoms with E-state index >= 15 is 0 Å². The Hall–Kier alpha value is -1.99. The summed E-state index contributed by atoms with van der Waals surface area (Å²) in [6, 6.07) is -1.22. The SMILES string of the molecule is Cc1ncc(CO)c(CC=N[C@@H](CO)C(=O)O)c1O. The molecule has 104 valence electrons. The third-order valence-electron chi connectivity index (χ3n) is 2.64. The number of aryl methyl sites for hydroxylation is 1. The molecule has 1 aromatic rings. The summed E-state index contributed by atoms with van der Waals surface area (Å²) in [5.41, 5.74) is 1.31. The fourth-order valence-electron chi connectivity index (χ4n) is 1.51. The molecule has 0 saturated heterocycles. The Morgan fingerprint density at radius 1 is 1.53 bits per heavy atom. The van der Waals surface area contributed by atoms with Gasteiger partial charge in [-0.2, -0.15) is 0 Å². The Bertz CT molecular complexity index is 487. The molecule has 4 N–H and O–H groups in total. The first-order valence-electron chi connectivity index (χ1n) is 5.63. The van der Waals surface area contributed by atoms with Gasteiger partial charge in [-0.15, -0.1) is 0 Å². The summed E-state index contributed by atoms with van der Waals surface area (Å²) >= 11 is 0. The number of carboxylic acids is 1. The lowest BCUT2D eigenvalue weighted by Crippen LogP contribution is -2.22. The van der Waals surface area contributed by atoms with Crippen molar-refractivity contribution in [3.8, 4) is 5.75 Å². The summed E-state index contributed by atoms with van der Waals surface area (Å²) in [4.78, 5) is 18.2. The van der Waals surface area contributed by atoms with Crippen molar-refractivity contribution in [3.05, 3.63) is 23.0 Å². The minimum atomic E-state index is -1.23. The van der Waals surface area contributed by atoms with Gasteiger partial charge in [0, 0.05) is 30.0 Å². The van der Waals surface area contributed by atoms with Gasteiger partial charge in [-0.25, -0.2) is 4.79 Å². The van der Waals surface area contributed by atoms with Crippen molar-refractivity contribution >= 4 is 12.2 Å². The highest BCUT2D eigenvalue weighted by molar-refractivity contribution is 5.77. The molecule has 0 aliphatic carbocycles. The molecule has 0 amide bonds. The van der Waals surface area contributed by atoms with E-state index < -0.39 is 18.6 Å². The van der Waals surface area contributed by atoms with Gasteiger partial charge in [-0.05, 0) is 6.92 Å². The molecule has 0 aromatic carbocycles. The Morgan fingerprint density at radius 2 is 2.21 bits per heavy atom. The van der Waals surface area contributed by atoms with Crippen LogP contribution in [0.15, 0.2) is 11.2 Å². The maximum Gasteiger partial charge on any atom is 0.330 e. The lowest BCUT2D eigenvalue weighted by molar-refractivity contribution is -0.139. The highest BCUT2D eigenvalue weighted by Gasteiger charge is 2.14. The monoisotopic (exact) mass is 268 g/mol. The second kappa shape index (κ2) is 6.81. The van der Waals surface area contributed by atoms with Crippen molar-refractivity contribution in [3.63, 3.8) is 0 Å². The van der Waals surface area contributed by atoms with Crippen molar-refractivity contribution in [2.24, 2.45) is 4.99 Å². The van der Waals surface area contributed by atoms with Crippen molar-refractivity contribution in [1.29, 1.82) is 0 Å². The van der Waals surface area contributed by atoms with Crippen LogP contribution in [-0.4, -0.2) is 50.2 Å². The number of carbonyl (C=O) groups is 1. The number of aliphatic carboxylic acids is 1. The molecule has 0 aliphatic rings. The summed E-state index contributed by atoms with van der Waals surface area (Å²) in [6.07, 6.45) is 2.89. The quantitative estimate of drug-likeness (QED) is 0.523. The normalized spacial score (nSPS) is 12.8. The van der Waals surface area contributed by atoms with Crippen molar-refractivity contribution in [2.45, 2.75) is 26.0 Å². The minimum Gasteiger partial charge on any atom is -0.506 e. The van der Waals surface area contributed by atoms with Gasteiger partial charge in [-0.1, -0.05) is 0 Å². The Balaban J connectivity index is 2.91. The maximum absolute atomic E-state index is 10.6.